The van der Waals surface area contributed by atoms with Crippen molar-refractivity contribution in [3.05, 3.63) is 119 Å². The molecule has 0 saturated carbocycles. The Balaban J connectivity index is 0.000000191. The lowest BCUT2D eigenvalue weighted by atomic mass is 9.98. The number of benzene rings is 4. The first kappa shape index (κ1) is 33.0. The summed E-state index contributed by atoms with van der Waals surface area (Å²) in [7, 11) is 0. The van der Waals surface area contributed by atoms with Crippen molar-refractivity contribution in [3.8, 4) is 22.3 Å². The number of fused-ring (bicyclic) bond motifs is 6. The number of carbonyl (C=O) groups is 2. The number of hydrogen-bond donors (Lipinski definition) is 3. The first-order chi connectivity index (χ1) is 21.6. The molecule has 0 bridgehead atoms. The molecule has 0 radical (unpaired) electrons. The summed E-state index contributed by atoms with van der Waals surface area (Å²) in [6.07, 6.45) is 3.02. The van der Waals surface area contributed by atoms with Gasteiger partial charge >= 0.3 is 12.2 Å². The standard InChI is InChI=1S/C18H19NO2S.C17H17NO2.CH4S/c1-22-11-10-19-18(20)21-12-17-15-8-4-2-6-13(15)14-7-3-5-9-16(14)17;1-2-18-17(19)20-11-16-14-9-5-3-7-12(14)13-8-4-6-10-15(13)16;1-2/h2-9,17H,10-12H2,1H3,(H,19,20);3-10,16H,2,11H2,1H3,(H,18,19);2H,1H3. The molecule has 2 amide bonds. The molecule has 2 aliphatic rings. The Bertz CT molecular complexity index is 1450. The number of carbonyl (C=O) groups excluding carboxylic acids is 2. The molecule has 0 aromatic heterocycles. The van der Waals surface area contributed by atoms with Crippen LogP contribution >= 0.6 is 24.4 Å². The predicted octanol–water partition coefficient (Wildman–Crippen LogP) is 7.98. The molecule has 6 rings (SSSR count). The SMILES string of the molecule is CCNC(=O)OCC1c2ccccc2-c2ccccc21.CS.CSCCNC(=O)OCC1c2ccccc2-c2ccccc21. The fraction of sp³-hybridized carbons (Fsp3) is 0.278. The van der Waals surface area contributed by atoms with Crippen LogP contribution in [0.25, 0.3) is 22.3 Å². The van der Waals surface area contributed by atoms with Gasteiger partial charge in [0.05, 0.1) is 0 Å². The molecule has 4 aromatic rings. The van der Waals surface area contributed by atoms with E-state index in [-0.39, 0.29) is 24.0 Å². The molecule has 0 spiro atoms. The average Bonchev–Trinajstić information content (AvgIpc) is 3.57. The van der Waals surface area contributed by atoms with Gasteiger partial charge in [-0.2, -0.15) is 24.4 Å². The van der Waals surface area contributed by atoms with Gasteiger partial charge in [0.2, 0.25) is 0 Å². The van der Waals surface area contributed by atoms with Gasteiger partial charge < -0.3 is 20.1 Å². The maximum absolute atomic E-state index is 11.8. The molecule has 0 fully saturated rings. The van der Waals surface area contributed by atoms with Crippen molar-refractivity contribution in [2.24, 2.45) is 0 Å². The second-order valence-corrected chi connectivity index (χ2v) is 11.1. The van der Waals surface area contributed by atoms with Gasteiger partial charge in [0.25, 0.3) is 0 Å². The second-order valence-electron chi connectivity index (χ2n) is 10.1. The summed E-state index contributed by atoms with van der Waals surface area (Å²) in [5.41, 5.74) is 9.92. The Hall–Kier alpha value is -3.88. The Labute approximate surface area is 270 Å². The van der Waals surface area contributed by atoms with E-state index in [2.05, 4.69) is 71.8 Å². The number of rotatable bonds is 8. The highest BCUT2D eigenvalue weighted by Gasteiger charge is 2.30. The van der Waals surface area contributed by atoms with Crippen LogP contribution in [0.1, 0.15) is 41.0 Å². The molecule has 8 heteroatoms. The summed E-state index contributed by atoms with van der Waals surface area (Å²) in [4.78, 5) is 23.2. The zero-order valence-corrected chi connectivity index (χ0v) is 27.1. The molecule has 2 N–H and O–H groups in total. The first-order valence-corrected chi connectivity index (χ1v) is 17.0. The summed E-state index contributed by atoms with van der Waals surface area (Å²) in [6.45, 7) is 3.84. The Kier molecular flexibility index (Phi) is 12.6. The lowest BCUT2D eigenvalue weighted by Crippen LogP contribution is -2.28. The zero-order valence-electron chi connectivity index (χ0n) is 25.4. The summed E-state index contributed by atoms with van der Waals surface area (Å²) in [5, 5.41) is 5.43. The lowest BCUT2D eigenvalue weighted by Gasteiger charge is -2.14. The van der Waals surface area contributed by atoms with Gasteiger partial charge in [0, 0.05) is 30.7 Å². The lowest BCUT2D eigenvalue weighted by molar-refractivity contribution is 0.142. The minimum absolute atomic E-state index is 0.124. The smallest absolute Gasteiger partial charge is 0.407 e. The molecule has 0 saturated heterocycles. The van der Waals surface area contributed by atoms with E-state index in [9.17, 15) is 9.59 Å². The van der Waals surface area contributed by atoms with Crippen molar-refractivity contribution in [2.75, 3.05) is 44.6 Å². The Morgan fingerprint density at radius 1 is 0.636 bits per heavy atom. The summed E-state index contributed by atoms with van der Waals surface area (Å²) < 4.78 is 10.8. The number of thioether (sulfide) groups is 1. The van der Waals surface area contributed by atoms with Crippen molar-refractivity contribution in [1.29, 1.82) is 0 Å². The second kappa shape index (κ2) is 16.8. The van der Waals surface area contributed by atoms with Crippen molar-refractivity contribution in [1.82, 2.24) is 10.6 Å². The van der Waals surface area contributed by atoms with Gasteiger partial charge in [-0.3, -0.25) is 0 Å². The van der Waals surface area contributed by atoms with Crippen LogP contribution in [0, 0.1) is 0 Å². The molecule has 6 nitrogen and oxygen atoms in total. The number of amides is 2. The van der Waals surface area contributed by atoms with E-state index in [0.29, 0.717) is 26.3 Å². The molecule has 0 atom stereocenters. The van der Waals surface area contributed by atoms with Gasteiger partial charge in [-0.05, 0) is 63.9 Å². The molecule has 0 heterocycles. The predicted molar refractivity (Wildman–Crippen MR) is 185 cm³/mol. The maximum Gasteiger partial charge on any atom is 0.407 e. The van der Waals surface area contributed by atoms with Crippen LogP contribution in [0.2, 0.25) is 0 Å². The Morgan fingerprint density at radius 3 is 1.32 bits per heavy atom. The topological polar surface area (TPSA) is 76.7 Å². The monoisotopic (exact) mass is 628 g/mol. The molecule has 2 aliphatic carbocycles. The van der Waals surface area contributed by atoms with Gasteiger partial charge in [0.1, 0.15) is 13.2 Å². The van der Waals surface area contributed by atoms with Gasteiger partial charge in [-0.25, -0.2) is 9.59 Å². The van der Waals surface area contributed by atoms with Crippen LogP contribution in [-0.2, 0) is 9.47 Å². The third kappa shape index (κ3) is 7.79. The van der Waals surface area contributed by atoms with E-state index in [0.717, 1.165) is 5.75 Å². The molecule has 0 unspecified atom stereocenters. The molecule has 0 aliphatic heterocycles. The highest BCUT2D eigenvalue weighted by molar-refractivity contribution is 7.98. The summed E-state index contributed by atoms with van der Waals surface area (Å²) in [5.74, 6) is 1.15. The minimum Gasteiger partial charge on any atom is -0.449 e. The number of alkyl carbamates (subject to hydrolysis) is 2. The third-order valence-electron chi connectivity index (χ3n) is 7.58. The highest BCUT2D eigenvalue weighted by Crippen LogP contribution is 2.45. The van der Waals surface area contributed by atoms with E-state index in [1.165, 1.54) is 44.5 Å². The van der Waals surface area contributed by atoms with E-state index >= 15 is 0 Å². The highest BCUT2D eigenvalue weighted by atomic mass is 32.2. The van der Waals surface area contributed by atoms with E-state index in [1.54, 1.807) is 18.0 Å². The molecule has 44 heavy (non-hydrogen) atoms. The van der Waals surface area contributed by atoms with E-state index in [4.69, 9.17) is 9.47 Å². The zero-order chi connectivity index (χ0) is 31.3. The van der Waals surface area contributed by atoms with Crippen molar-refractivity contribution < 1.29 is 19.1 Å². The van der Waals surface area contributed by atoms with Crippen LogP contribution in [0.15, 0.2) is 97.1 Å². The summed E-state index contributed by atoms with van der Waals surface area (Å²) >= 11 is 5.23. The fourth-order valence-corrected chi connectivity index (χ4v) is 6.00. The van der Waals surface area contributed by atoms with Gasteiger partial charge in [0.15, 0.2) is 0 Å². The van der Waals surface area contributed by atoms with Crippen molar-refractivity contribution in [3.63, 3.8) is 0 Å². The average molecular weight is 629 g/mol. The van der Waals surface area contributed by atoms with E-state index in [1.807, 2.05) is 61.7 Å². The fourth-order valence-electron chi connectivity index (χ4n) is 5.70. The van der Waals surface area contributed by atoms with Gasteiger partial charge in [-0.15, -0.1) is 0 Å². The first-order valence-electron chi connectivity index (χ1n) is 14.7. The number of ether oxygens (including phenoxy) is 2. The van der Waals surface area contributed by atoms with Crippen LogP contribution < -0.4 is 10.6 Å². The quantitative estimate of drug-likeness (QED) is 0.136. The van der Waals surface area contributed by atoms with Crippen LogP contribution in [0.3, 0.4) is 0 Å². The number of thiol groups is 1. The van der Waals surface area contributed by atoms with Crippen molar-refractivity contribution >= 4 is 36.6 Å². The van der Waals surface area contributed by atoms with Crippen LogP contribution in [-0.4, -0.2) is 56.8 Å². The Morgan fingerprint density at radius 2 is 0.977 bits per heavy atom. The molecule has 4 aromatic carbocycles. The third-order valence-corrected chi connectivity index (χ3v) is 8.20. The van der Waals surface area contributed by atoms with Gasteiger partial charge in [-0.1, -0.05) is 97.1 Å². The largest absolute Gasteiger partial charge is 0.449 e. The van der Waals surface area contributed by atoms with Crippen molar-refractivity contribution in [2.45, 2.75) is 18.8 Å². The van der Waals surface area contributed by atoms with Crippen LogP contribution in [0.4, 0.5) is 9.59 Å². The maximum atomic E-state index is 11.8. The number of nitrogens with one attached hydrogen (secondary N) is 2. The normalized spacial score (nSPS) is 12.2. The van der Waals surface area contributed by atoms with Crippen LogP contribution in [0.5, 0.6) is 0 Å². The minimum atomic E-state index is -0.352. The molecular weight excluding hydrogens is 589 g/mol. The summed E-state index contributed by atoms with van der Waals surface area (Å²) in [6, 6.07) is 33.3. The molecular formula is C36H40N2O4S2. The molecule has 230 valence electrons. The van der Waals surface area contributed by atoms with E-state index < -0.39 is 0 Å². The number of hydrogen-bond acceptors (Lipinski definition) is 6.